The summed E-state index contributed by atoms with van der Waals surface area (Å²) in [5.41, 5.74) is 1.36. The number of esters is 1. The fraction of sp³-hybridized carbons (Fsp3) is 0.273. The monoisotopic (exact) mass is 434 g/mol. The molecule has 6 nitrogen and oxygen atoms in total. The van der Waals surface area contributed by atoms with Crippen LogP contribution in [0.25, 0.3) is 10.9 Å². The molecule has 3 rings (SSSR count). The van der Waals surface area contributed by atoms with Crippen LogP contribution in [0.1, 0.15) is 35.7 Å². The van der Waals surface area contributed by atoms with E-state index in [4.69, 9.17) is 4.74 Å². The lowest BCUT2D eigenvalue weighted by Crippen LogP contribution is -2.31. The first kappa shape index (κ1) is 22.4. The van der Waals surface area contributed by atoms with Gasteiger partial charge in [0.05, 0.1) is 17.5 Å². The predicted octanol–water partition coefficient (Wildman–Crippen LogP) is 4.40. The van der Waals surface area contributed by atoms with Crippen molar-refractivity contribution in [1.29, 1.82) is 0 Å². The van der Waals surface area contributed by atoms with Crippen LogP contribution >= 0.6 is 0 Å². The zero-order chi connectivity index (χ0) is 22.8. The molecule has 0 bridgehead atoms. The van der Waals surface area contributed by atoms with Crippen molar-refractivity contribution in [2.45, 2.75) is 39.3 Å². The van der Waals surface area contributed by atoms with Gasteiger partial charge >= 0.3 is 18.1 Å². The van der Waals surface area contributed by atoms with Gasteiger partial charge in [-0.2, -0.15) is 13.2 Å². The zero-order valence-corrected chi connectivity index (χ0v) is 16.9. The Morgan fingerprint density at radius 1 is 1.16 bits per heavy atom. The number of benzene rings is 2. The van der Waals surface area contributed by atoms with E-state index in [2.05, 4.69) is 5.32 Å². The first-order chi connectivity index (χ1) is 14.6. The summed E-state index contributed by atoms with van der Waals surface area (Å²) < 4.78 is 46.0. The minimum absolute atomic E-state index is 0.0118. The van der Waals surface area contributed by atoms with Crippen LogP contribution in [0.5, 0.6) is 0 Å². The Morgan fingerprint density at radius 3 is 2.52 bits per heavy atom. The topological polar surface area (TPSA) is 80.6 Å². The van der Waals surface area contributed by atoms with Gasteiger partial charge in [-0.15, -0.1) is 0 Å². The number of carboxylic acids is 1. The van der Waals surface area contributed by atoms with Gasteiger partial charge in [-0.1, -0.05) is 36.4 Å². The molecular weight excluding hydrogens is 413 g/mol. The third-order valence-electron chi connectivity index (χ3n) is 4.86. The van der Waals surface area contributed by atoms with E-state index in [0.29, 0.717) is 27.7 Å². The van der Waals surface area contributed by atoms with E-state index in [0.717, 1.165) is 12.1 Å². The highest BCUT2D eigenvalue weighted by molar-refractivity contribution is 5.89. The number of fused-ring (bicyclic) bond motifs is 1. The van der Waals surface area contributed by atoms with E-state index in [-0.39, 0.29) is 13.0 Å². The van der Waals surface area contributed by atoms with Crippen molar-refractivity contribution in [3.05, 3.63) is 70.9 Å². The quantitative estimate of drug-likeness (QED) is 0.426. The van der Waals surface area contributed by atoms with Gasteiger partial charge in [-0.05, 0) is 30.2 Å². The summed E-state index contributed by atoms with van der Waals surface area (Å²) in [6.45, 7) is 2.92. The number of ether oxygens (including phenoxy) is 1. The third-order valence-corrected chi connectivity index (χ3v) is 4.86. The zero-order valence-electron chi connectivity index (χ0n) is 16.9. The van der Waals surface area contributed by atoms with Gasteiger partial charge < -0.3 is 9.84 Å². The molecule has 2 aromatic carbocycles. The van der Waals surface area contributed by atoms with Crippen molar-refractivity contribution in [1.82, 2.24) is 9.88 Å². The Labute approximate surface area is 176 Å². The first-order valence-corrected chi connectivity index (χ1v) is 9.45. The van der Waals surface area contributed by atoms with E-state index in [1.807, 2.05) is 0 Å². The molecule has 0 amide bonds. The molecule has 1 atom stereocenters. The molecule has 0 saturated carbocycles. The average Bonchev–Trinajstić information content (AvgIpc) is 2.96. The van der Waals surface area contributed by atoms with Crippen LogP contribution in [0.3, 0.4) is 0 Å². The standard InChI is InChI=1S/C22H21F3N2O4/c1-13-18(11-20(29)30)17-8-3-4-9-19(17)27(13)21(31-14(2)28)26-12-15-6-5-7-16(10-15)22(23,24)25/h3-10,21,26H,11-12H2,1-2H3,(H,29,30). The van der Waals surface area contributed by atoms with E-state index in [1.165, 1.54) is 19.1 Å². The number of carboxylic acid groups (broad SMARTS) is 1. The lowest BCUT2D eigenvalue weighted by atomic mass is 10.1. The Bertz CT molecular complexity index is 1120. The van der Waals surface area contributed by atoms with Crippen molar-refractivity contribution in [2.24, 2.45) is 0 Å². The van der Waals surface area contributed by atoms with Crippen molar-refractivity contribution in [3.8, 4) is 0 Å². The van der Waals surface area contributed by atoms with E-state index in [9.17, 15) is 27.9 Å². The predicted molar refractivity (Wildman–Crippen MR) is 107 cm³/mol. The molecule has 1 heterocycles. The summed E-state index contributed by atoms with van der Waals surface area (Å²) in [5, 5.41) is 12.9. The van der Waals surface area contributed by atoms with Gasteiger partial charge in [0, 0.05) is 24.5 Å². The number of alkyl halides is 3. The second kappa shape index (κ2) is 8.81. The minimum atomic E-state index is -4.47. The summed E-state index contributed by atoms with van der Waals surface area (Å²) in [7, 11) is 0. The highest BCUT2D eigenvalue weighted by Gasteiger charge is 2.30. The van der Waals surface area contributed by atoms with Crippen LogP contribution in [0.4, 0.5) is 13.2 Å². The van der Waals surface area contributed by atoms with Crippen molar-refractivity contribution < 1.29 is 32.6 Å². The van der Waals surface area contributed by atoms with Crippen molar-refractivity contribution >= 4 is 22.8 Å². The SMILES string of the molecule is CC(=O)OC(NCc1cccc(C(F)(F)F)c1)n1c(C)c(CC(=O)O)c2ccccc21. The number of rotatable bonds is 7. The van der Waals surface area contributed by atoms with Gasteiger partial charge in [0.1, 0.15) is 0 Å². The van der Waals surface area contributed by atoms with Crippen LogP contribution in [0, 0.1) is 6.92 Å². The number of nitrogens with one attached hydrogen (secondary N) is 1. The molecule has 0 saturated heterocycles. The molecular formula is C22H21F3N2O4. The maximum absolute atomic E-state index is 13.0. The molecule has 0 aliphatic carbocycles. The number of aliphatic carboxylic acids is 1. The second-order valence-electron chi connectivity index (χ2n) is 7.06. The maximum atomic E-state index is 13.0. The minimum Gasteiger partial charge on any atom is -0.481 e. The smallest absolute Gasteiger partial charge is 0.416 e. The molecule has 0 radical (unpaired) electrons. The van der Waals surface area contributed by atoms with E-state index >= 15 is 0 Å². The van der Waals surface area contributed by atoms with Gasteiger partial charge in [-0.3, -0.25) is 19.5 Å². The Hall–Kier alpha value is -3.33. The molecule has 3 aromatic rings. The molecule has 1 aromatic heterocycles. The number of halogens is 3. The maximum Gasteiger partial charge on any atom is 0.416 e. The number of carbonyl (C=O) groups is 2. The summed E-state index contributed by atoms with van der Waals surface area (Å²) >= 11 is 0. The third kappa shape index (κ3) is 5.05. The van der Waals surface area contributed by atoms with Gasteiger partial charge in [-0.25, -0.2) is 0 Å². The summed E-state index contributed by atoms with van der Waals surface area (Å²) in [6, 6.07) is 11.9. The molecule has 164 valence electrons. The fourth-order valence-electron chi connectivity index (χ4n) is 3.54. The normalized spacial score (nSPS) is 12.7. The number of aromatic nitrogens is 1. The molecule has 9 heteroatoms. The second-order valence-corrected chi connectivity index (χ2v) is 7.06. The van der Waals surface area contributed by atoms with Crippen LogP contribution in [-0.4, -0.2) is 21.6 Å². The molecule has 0 spiro atoms. The molecule has 31 heavy (non-hydrogen) atoms. The van der Waals surface area contributed by atoms with E-state index in [1.54, 1.807) is 35.8 Å². The van der Waals surface area contributed by atoms with Gasteiger partial charge in [0.25, 0.3) is 0 Å². The number of para-hydroxylation sites is 1. The van der Waals surface area contributed by atoms with Gasteiger partial charge in [0.15, 0.2) is 0 Å². The summed E-state index contributed by atoms with van der Waals surface area (Å²) in [4.78, 5) is 23.1. The fourth-order valence-corrected chi connectivity index (χ4v) is 3.54. The molecule has 0 fully saturated rings. The summed E-state index contributed by atoms with van der Waals surface area (Å²) in [5.74, 6) is -1.61. The van der Waals surface area contributed by atoms with Crippen LogP contribution in [0.15, 0.2) is 48.5 Å². The van der Waals surface area contributed by atoms with E-state index < -0.39 is 30.0 Å². The molecule has 0 aliphatic heterocycles. The highest BCUT2D eigenvalue weighted by Crippen LogP contribution is 2.31. The molecule has 2 N–H and O–H groups in total. The Morgan fingerprint density at radius 2 is 1.87 bits per heavy atom. The Balaban J connectivity index is 1.99. The molecule has 0 aliphatic rings. The highest BCUT2D eigenvalue weighted by atomic mass is 19.4. The molecule has 1 unspecified atom stereocenters. The lowest BCUT2D eigenvalue weighted by molar-refractivity contribution is -0.153. The van der Waals surface area contributed by atoms with Crippen LogP contribution in [0.2, 0.25) is 0 Å². The first-order valence-electron chi connectivity index (χ1n) is 9.45. The number of hydrogen-bond acceptors (Lipinski definition) is 4. The van der Waals surface area contributed by atoms with Crippen LogP contribution in [-0.2, 0) is 33.5 Å². The number of nitrogens with zero attached hydrogens (tertiary/aromatic N) is 1. The number of carbonyl (C=O) groups excluding carboxylic acids is 1. The lowest BCUT2D eigenvalue weighted by Gasteiger charge is -2.23. The number of hydrogen-bond donors (Lipinski definition) is 2. The van der Waals surface area contributed by atoms with Crippen LogP contribution < -0.4 is 5.32 Å². The average molecular weight is 434 g/mol. The van der Waals surface area contributed by atoms with Crippen molar-refractivity contribution in [3.63, 3.8) is 0 Å². The summed E-state index contributed by atoms with van der Waals surface area (Å²) in [6.07, 6.45) is -5.73. The van der Waals surface area contributed by atoms with Gasteiger partial charge in [0.2, 0.25) is 6.35 Å². The van der Waals surface area contributed by atoms with Crippen molar-refractivity contribution in [2.75, 3.05) is 0 Å². The largest absolute Gasteiger partial charge is 0.481 e. The Kier molecular flexibility index (Phi) is 6.35.